The molecule has 3 amide bonds. The Bertz CT molecular complexity index is 944. The van der Waals surface area contributed by atoms with Crippen molar-refractivity contribution in [2.75, 3.05) is 13.1 Å². The van der Waals surface area contributed by atoms with E-state index in [4.69, 9.17) is 0 Å². The van der Waals surface area contributed by atoms with E-state index in [1.54, 1.807) is 4.90 Å². The van der Waals surface area contributed by atoms with Crippen molar-refractivity contribution < 1.29 is 14.4 Å². The van der Waals surface area contributed by atoms with Crippen LogP contribution in [0, 0.1) is 11.8 Å². The number of para-hydroxylation sites is 1. The molecule has 0 spiro atoms. The van der Waals surface area contributed by atoms with Crippen LogP contribution in [-0.2, 0) is 20.9 Å². The fourth-order valence-electron chi connectivity index (χ4n) is 4.53. The van der Waals surface area contributed by atoms with E-state index in [0.29, 0.717) is 25.9 Å². The van der Waals surface area contributed by atoms with Crippen molar-refractivity contribution in [3.05, 3.63) is 48.7 Å². The molecule has 2 saturated heterocycles. The van der Waals surface area contributed by atoms with Crippen LogP contribution in [0.2, 0.25) is 0 Å². The average Bonchev–Trinajstić information content (AvgIpc) is 3.16. The van der Waals surface area contributed by atoms with E-state index in [-0.39, 0.29) is 42.1 Å². The van der Waals surface area contributed by atoms with Gasteiger partial charge in [-0.25, -0.2) is 0 Å². The molecule has 6 heteroatoms. The molecule has 3 heterocycles. The Morgan fingerprint density at radius 2 is 1.63 bits per heavy atom. The van der Waals surface area contributed by atoms with E-state index < -0.39 is 0 Å². The highest BCUT2D eigenvalue weighted by atomic mass is 16.2. The number of aromatic nitrogens is 1. The monoisotopic (exact) mass is 363 g/mol. The van der Waals surface area contributed by atoms with Crippen LogP contribution in [-0.4, -0.2) is 51.2 Å². The third-order valence-electron chi connectivity index (χ3n) is 6.11. The second-order valence-corrected chi connectivity index (χ2v) is 7.66. The van der Waals surface area contributed by atoms with Crippen LogP contribution in [0.1, 0.15) is 12.8 Å². The summed E-state index contributed by atoms with van der Waals surface area (Å²) in [4.78, 5) is 41.1. The minimum absolute atomic E-state index is 0.0192. The number of rotatable bonds is 3. The van der Waals surface area contributed by atoms with Crippen LogP contribution in [0.3, 0.4) is 0 Å². The zero-order valence-electron chi connectivity index (χ0n) is 15.0. The van der Waals surface area contributed by atoms with E-state index in [9.17, 15) is 14.4 Å². The fourth-order valence-corrected chi connectivity index (χ4v) is 4.53. The number of allylic oxidation sites excluding steroid dienone is 2. The smallest absolute Gasteiger partial charge is 0.242 e. The molecule has 2 aromatic rings. The van der Waals surface area contributed by atoms with Crippen molar-refractivity contribution in [3.8, 4) is 0 Å². The highest BCUT2D eigenvalue weighted by molar-refractivity contribution is 6.06. The molecule has 2 aliphatic heterocycles. The van der Waals surface area contributed by atoms with Gasteiger partial charge in [-0.1, -0.05) is 30.4 Å². The Labute approximate surface area is 157 Å². The molecule has 5 rings (SSSR count). The van der Waals surface area contributed by atoms with Crippen LogP contribution < -0.4 is 0 Å². The number of carbonyl (C=O) groups is 3. The van der Waals surface area contributed by atoms with Crippen LogP contribution in [0.25, 0.3) is 10.9 Å². The lowest BCUT2D eigenvalue weighted by molar-refractivity contribution is -0.153. The first-order chi connectivity index (χ1) is 13.1. The van der Waals surface area contributed by atoms with Gasteiger partial charge in [0, 0.05) is 24.8 Å². The number of nitrogens with zero attached hydrogens (tertiary/aromatic N) is 3. The Kier molecular flexibility index (Phi) is 3.67. The van der Waals surface area contributed by atoms with E-state index in [1.165, 1.54) is 4.90 Å². The summed E-state index contributed by atoms with van der Waals surface area (Å²) < 4.78 is 1.94. The normalized spacial score (nSPS) is 25.2. The average molecular weight is 363 g/mol. The van der Waals surface area contributed by atoms with Crippen molar-refractivity contribution >= 4 is 28.6 Å². The number of likely N-dealkylation sites (tertiary alicyclic amines) is 2. The number of hydrogen-bond donors (Lipinski definition) is 0. The van der Waals surface area contributed by atoms with Gasteiger partial charge in [-0.3, -0.25) is 19.3 Å². The topological polar surface area (TPSA) is 62.6 Å². The number of amides is 3. The molecule has 1 aromatic carbocycles. The molecule has 3 aliphatic rings. The first-order valence-corrected chi connectivity index (χ1v) is 9.47. The summed E-state index contributed by atoms with van der Waals surface area (Å²) in [5.74, 6) is -0.478. The first-order valence-electron chi connectivity index (χ1n) is 9.47. The molecular formula is C21H21N3O3. The van der Waals surface area contributed by atoms with Crippen LogP contribution in [0.15, 0.2) is 48.7 Å². The van der Waals surface area contributed by atoms with E-state index in [0.717, 1.165) is 10.9 Å². The molecule has 2 atom stereocenters. The summed E-state index contributed by atoms with van der Waals surface area (Å²) in [7, 11) is 0. The summed E-state index contributed by atoms with van der Waals surface area (Å²) >= 11 is 0. The second kappa shape index (κ2) is 6.08. The maximum absolute atomic E-state index is 12.6. The van der Waals surface area contributed by atoms with Gasteiger partial charge in [-0.05, 0) is 30.4 Å². The molecule has 6 nitrogen and oxygen atoms in total. The number of imide groups is 1. The summed E-state index contributed by atoms with van der Waals surface area (Å²) in [6.07, 6.45) is 7.22. The predicted octanol–water partition coefficient (Wildman–Crippen LogP) is 1.80. The number of fused-ring (bicyclic) bond motifs is 2. The standard InChI is InChI=1S/C21H21N3O3/c25-19(13-22-10-9-14-5-1-4-8-18(14)22)23-11-15(12-23)24-20(26)16-6-2-3-7-17(16)21(24)27/h1-5,8-10,15-17H,6-7,11-13H2/t16-,17+. The maximum Gasteiger partial charge on any atom is 0.242 e. The summed E-state index contributed by atoms with van der Waals surface area (Å²) in [5.41, 5.74) is 1.03. The molecule has 1 aliphatic carbocycles. The van der Waals surface area contributed by atoms with Gasteiger partial charge in [0.05, 0.1) is 17.9 Å². The highest BCUT2D eigenvalue weighted by Gasteiger charge is 2.52. The van der Waals surface area contributed by atoms with Crippen molar-refractivity contribution in [2.45, 2.75) is 25.4 Å². The third-order valence-corrected chi connectivity index (χ3v) is 6.11. The Morgan fingerprint density at radius 1 is 0.963 bits per heavy atom. The zero-order chi connectivity index (χ0) is 18.5. The van der Waals surface area contributed by atoms with Crippen LogP contribution >= 0.6 is 0 Å². The Morgan fingerprint density at radius 3 is 2.33 bits per heavy atom. The van der Waals surface area contributed by atoms with Gasteiger partial charge in [-0.2, -0.15) is 0 Å². The molecule has 0 saturated carbocycles. The largest absolute Gasteiger partial charge is 0.338 e. The molecule has 0 radical (unpaired) electrons. The van der Waals surface area contributed by atoms with Gasteiger partial charge >= 0.3 is 0 Å². The zero-order valence-corrected chi connectivity index (χ0v) is 15.0. The van der Waals surface area contributed by atoms with E-state index in [1.807, 2.05) is 53.2 Å². The molecular weight excluding hydrogens is 342 g/mol. The molecule has 27 heavy (non-hydrogen) atoms. The van der Waals surface area contributed by atoms with Gasteiger partial charge in [0.1, 0.15) is 6.54 Å². The Hall–Kier alpha value is -2.89. The minimum Gasteiger partial charge on any atom is -0.338 e. The maximum atomic E-state index is 12.6. The van der Waals surface area contributed by atoms with Crippen molar-refractivity contribution in [3.63, 3.8) is 0 Å². The summed E-state index contributed by atoms with van der Waals surface area (Å²) in [5, 5.41) is 1.11. The van der Waals surface area contributed by atoms with Gasteiger partial charge in [0.2, 0.25) is 17.7 Å². The number of hydrogen-bond acceptors (Lipinski definition) is 3. The molecule has 0 unspecified atom stereocenters. The van der Waals surface area contributed by atoms with E-state index >= 15 is 0 Å². The predicted molar refractivity (Wildman–Crippen MR) is 99.5 cm³/mol. The fraction of sp³-hybridized carbons (Fsp3) is 0.381. The lowest BCUT2D eigenvalue weighted by atomic mass is 9.85. The van der Waals surface area contributed by atoms with Gasteiger partial charge in [0.15, 0.2) is 0 Å². The molecule has 2 fully saturated rings. The number of benzene rings is 1. The molecule has 138 valence electrons. The van der Waals surface area contributed by atoms with Crippen LogP contribution in [0.5, 0.6) is 0 Å². The minimum atomic E-state index is -0.196. The second-order valence-electron chi connectivity index (χ2n) is 7.66. The summed E-state index contributed by atoms with van der Waals surface area (Å²) in [6, 6.07) is 9.79. The van der Waals surface area contributed by atoms with Crippen molar-refractivity contribution in [1.29, 1.82) is 0 Å². The van der Waals surface area contributed by atoms with Crippen LogP contribution in [0.4, 0.5) is 0 Å². The SMILES string of the molecule is O=C(Cn1ccc2ccccc21)N1CC(N2C(=O)[C@H]3CC=CC[C@H]3C2=O)C1. The lowest BCUT2D eigenvalue weighted by Gasteiger charge is -2.43. The van der Waals surface area contributed by atoms with Gasteiger partial charge in [0.25, 0.3) is 0 Å². The first kappa shape index (κ1) is 16.3. The van der Waals surface area contributed by atoms with E-state index in [2.05, 4.69) is 0 Å². The van der Waals surface area contributed by atoms with Gasteiger partial charge in [-0.15, -0.1) is 0 Å². The quantitative estimate of drug-likeness (QED) is 0.617. The molecule has 0 N–H and O–H groups in total. The molecule has 0 bridgehead atoms. The Balaban J connectivity index is 1.24. The van der Waals surface area contributed by atoms with Crippen molar-refractivity contribution in [2.24, 2.45) is 11.8 Å². The lowest BCUT2D eigenvalue weighted by Crippen LogP contribution is -2.63. The molecule has 1 aromatic heterocycles. The van der Waals surface area contributed by atoms with Crippen molar-refractivity contribution in [1.82, 2.24) is 14.4 Å². The third kappa shape index (κ3) is 2.51. The van der Waals surface area contributed by atoms with Gasteiger partial charge < -0.3 is 9.47 Å². The highest BCUT2D eigenvalue weighted by Crippen LogP contribution is 2.37. The summed E-state index contributed by atoms with van der Waals surface area (Å²) in [6.45, 7) is 1.17. The number of carbonyl (C=O) groups excluding carboxylic acids is 3.